The van der Waals surface area contributed by atoms with Crippen molar-refractivity contribution < 1.29 is 9.53 Å². The van der Waals surface area contributed by atoms with Crippen molar-refractivity contribution in [1.29, 1.82) is 0 Å². The maximum absolute atomic E-state index is 11.7. The van der Waals surface area contributed by atoms with Crippen LogP contribution in [0.4, 0.5) is 0 Å². The van der Waals surface area contributed by atoms with Gasteiger partial charge < -0.3 is 15.0 Å². The summed E-state index contributed by atoms with van der Waals surface area (Å²) in [6, 6.07) is 0. The average molecular weight is 184 g/mol. The van der Waals surface area contributed by atoms with Crippen LogP contribution in [0.25, 0.3) is 0 Å². The molecular formula is C9H16N2O2. The number of carbonyl (C=O) groups is 1. The fourth-order valence-electron chi connectivity index (χ4n) is 1.89. The first kappa shape index (κ1) is 8.97. The lowest BCUT2D eigenvalue weighted by Gasteiger charge is -2.39. The molecule has 0 bridgehead atoms. The van der Waals surface area contributed by atoms with Crippen molar-refractivity contribution in [2.45, 2.75) is 12.5 Å². The van der Waals surface area contributed by atoms with Crippen molar-refractivity contribution in [3.05, 3.63) is 0 Å². The van der Waals surface area contributed by atoms with Gasteiger partial charge in [-0.3, -0.25) is 4.79 Å². The van der Waals surface area contributed by atoms with E-state index >= 15 is 0 Å². The van der Waals surface area contributed by atoms with Crippen molar-refractivity contribution in [2.75, 3.05) is 33.3 Å². The van der Waals surface area contributed by atoms with Gasteiger partial charge in [0.05, 0.1) is 12.0 Å². The van der Waals surface area contributed by atoms with Crippen molar-refractivity contribution in [3.8, 4) is 0 Å². The number of methoxy groups -OCH3 is 1. The summed E-state index contributed by atoms with van der Waals surface area (Å²) in [6.07, 6.45) is 1.27. The van der Waals surface area contributed by atoms with Crippen molar-refractivity contribution in [3.63, 3.8) is 0 Å². The van der Waals surface area contributed by atoms with Crippen LogP contribution in [0.1, 0.15) is 6.42 Å². The van der Waals surface area contributed by atoms with Gasteiger partial charge in [0.25, 0.3) is 0 Å². The normalized spacial score (nSPS) is 29.0. The van der Waals surface area contributed by atoms with Gasteiger partial charge in [0, 0.05) is 26.7 Å². The monoisotopic (exact) mass is 184 g/mol. The predicted octanol–water partition coefficient (Wildman–Crippen LogP) is -0.547. The molecule has 1 amide bonds. The van der Waals surface area contributed by atoms with Crippen LogP contribution in [0.5, 0.6) is 0 Å². The molecule has 1 atom stereocenters. The van der Waals surface area contributed by atoms with E-state index in [4.69, 9.17) is 4.74 Å². The quantitative estimate of drug-likeness (QED) is 0.626. The van der Waals surface area contributed by atoms with Gasteiger partial charge in [-0.1, -0.05) is 0 Å². The van der Waals surface area contributed by atoms with E-state index in [9.17, 15) is 4.79 Å². The Hall–Kier alpha value is -0.610. The second-order valence-electron chi connectivity index (χ2n) is 3.79. The van der Waals surface area contributed by atoms with Crippen molar-refractivity contribution >= 4 is 5.91 Å². The van der Waals surface area contributed by atoms with E-state index in [0.717, 1.165) is 32.6 Å². The Morgan fingerprint density at radius 3 is 2.85 bits per heavy atom. The molecule has 13 heavy (non-hydrogen) atoms. The molecule has 2 fully saturated rings. The van der Waals surface area contributed by atoms with Gasteiger partial charge in [-0.15, -0.1) is 0 Å². The molecule has 2 rings (SSSR count). The van der Waals surface area contributed by atoms with Gasteiger partial charge in [0.15, 0.2) is 0 Å². The maximum Gasteiger partial charge on any atom is 0.227 e. The fourth-order valence-corrected chi connectivity index (χ4v) is 1.89. The molecule has 2 saturated heterocycles. The first-order chi connectivity index (χ1) is 6.31. The van der Waals surface area contributed by atoms with Crippen LogP contribution in [0, 0.1) is 5.92 Å². The van der Waals surface area contributed by atoms with Gasteiger partial charge in [-0.25, -0.2) is 0 Å². The summed E-state index contributed by atoms with van der Waals surface area (Å²) in [5, 5.41) is 3.20. The van der Waals surface area contributed by atoms with Gasteiger partial charge in [0.2, 0.25) is 5.91 Å². The number of carbonyl (C=O) groups excluding carboxylic acids is 1. The van der Waals surface area contributed by atoms with E-state index < -0.39 is 0 Å². The molecule has 1 N–H and O–H groups in total. The number of nitrogens with one attached hydrogen (secondary N) is 1. The summed E-state index contributed by atoms with van der Waals surface area (Å²) < 4.78 is 5.12. The minimum Gasteiger partial charge on any atom is -0.378 e. The third-order valence-corrected chi connectivity index (χ3v) is 2.90. The van der Waals surface area contributed by atoms with Crippen molar-refractivity contribution in [2.24, 2.45) is 5.92 Å². The zero-order valence-corrected chi connectivity index (χ0v) is 7.95. The summed E-state index contributed by atoms with van der Waals surface area (Å²) in [4.78, 5) is 13.6. The molecule has 0 spiro atoms. The average Bonchev–Trinajstić information content (AvgIpc) is 2.53. The van der Waals surface area contributed by atoms with E-state index in [-0.39, 0.29) is 12.0 Å². The largest absolute Gasteiger partial charge is 0.378 e. The lowest BCUT2D eigenvalue weighted by Crippen LogP contribution is -2.56. The predicted molar refractivity (Wildman–Crippen MR) is 48.4 cm³/mol. The molecule has 74 valence electrons. The standard InChI is InChI=1S/C9H16N2O2/c1-13-8-5-11(6-8)9(12)7-2-3-10-4-7/h7-8,10H,2-6H2,1H3/t7-/m1/s1. The number of hydrogen-bond donors (Lipinski definition) is 1. The Bertz CT molecular complexity index is 196. The SMILES string of the molecule is COC1CN(C(=O)[C@@H]2CCNC2)C1. The van der Waals surface area contributed by atoms with Crippen LogP contribution >= 0.6 is 0 Å². The number of rotatable bonds is 2. The number of likely N-dealkylation sites (tertiary alicyclic amines) is 1. The highest BCUT2D eigenvalue weighted by Crippen LogP contribution is 2.18. The van der Waals surface area contributed by atoms with Crippen molar-refractivity contribution in [1.82, 2.24) is 10.2 Å². The number of amides is 1. The Morgan fingerprint density at radius 1 is 1.54 bits per heavy atom. The summed E-state index contributed by atoms with van der Waals surface area (Å²) in [5.74, 6) is 0.524. The number of nitrogens with zero attached hydrogens (tertiary/aromatic N) is 1. The molecule has 2 aliphatic heterocycles. The fraction of sp³-hybridized carbons (Fsp3) is 0.889. The van der Waals surface area contributed by atoms with Gasteiger partial charge in [0.1, 0.15) is 0 Å². The summed E-state index contributed by atoms with van der Waals surface area (Å²) >= 11 is 0. The highest BCUT2D eigenvalue weighted by molar-refractivity contribution is 5.80. The molecule has 0 saturated carbocycles. The lowest BCUT2D eigenvalue weighted by molar-refractivity contribution is -0.146. The molecule has 0 unspecified atom stereocenters. The first-order valence-corrected chi connectivity index (χ1v) is 4.83. The number of hydrogen-bond acceptors (Lipinski definition) is 3. The number of ether oxygens (including phenoxy) is 1. The third-order valence-electron chi connectivity index (χ3n) is 2.90. The molecule has 4 heteroatoms. The van der Waals surface area contributed by atoms with E-state index in [1.807, 2.05) is 4.90 Å². The molecule has 0 radical (unpaired) electrons. The lowest BCUT2D eigenvalue weighted by atomic mass is 10.0. The van der Waals surface area contributed by atoms with Gasteiger partial charge in [-0.05, 0) is 13.0 Å². The van der Waals surface area contributed by atoms with Crippen LogP contribution in [0.3, 0.4) is 0 Å². The second kappa shape index (κ2) is 3.64. The Labute approximate surface area is 78.2 Å². The Morgan fingerprint density at radius 2 is 2.31 bits per heavy atom. The van der Waals surface area contributed by atoms with E-state index in [1.165, 1.54) is 0 Å². The molecule has 0 aromatic heterocycles. The first-order valence-electron chi connectivity index (χ1n) is 4.83. The van der Waals surface area contributed by atoms with Crippen LogP contribution in [-0.4, -0.2) is 50.2 Å². The van der Waals surface area contributed by atoms with Crippen LogP contribution < -0.4 is 5.32 Å². The summed E-state index contributed by atoms with van der Waals surface area (Å²) in [6.45, 7) is 3.41. The van der Waals surface area contributed by atoms with Gasteiger partial charge >= 0.3 is 0 Å². The van der Waals surface area contributed by atoms with Gasteiger partial charge in [-0.2, -0.15) is 0 Å². The highest BCUT2D eigenvalue weighted by atomic mass is 16.5. The minimum atomic E-state index is 0.220. The molecule has 2 heterocycles. The molecule has 0 aromatic carbocycles. The zero-order valence-electron chi connectivity index (χ0n) is 7.95. The molecule has 2 aliphatic rings. The summed E-state index contributed by atoms with van der Waals surface area (Å²) in [7, 11) is 1.70. The van der Waals surface area contributed by atoms with E-state index in [2.05, 4.69) is 5.32 Å². The maximum atomic E-state index is 11.7. The van der Waals surface area contributed by atoms with E-state index in [0.29, 0.717) is 5.91 Å². The van der Waals surface area contributed by atoms with Crippen LogP contribution in [0.2, 0.25) is 0 Å². The highest BCUT2D eigenvalue weighted by Gasteiger charge is 2.35. The topological polar surface area (TPSA) is 41.6 Å². The molecule has 0 aliphatic carbocycles. The van der Waals surface area contributed by atoms with Crippen LogP contribution in [-0.2, 0) is 9.53 Å². The van der Waals surface area contributed by atoms with E-state index in [1.54, 1.807) is 7.11 Å². The zero-order chi connectivity index (χ0) is 9.26. The molecular weight excluding hydrogens is 168 g/mol. The Balaban J connectivity index is 1.78. The Kier molecular flexibility index (Phi) is 2.51. The van der Waals surface area contributed by atoms with Crippen LogP contribution in [0.15, 0.2) is 0 Å². The second-order valence-corrected chi connectivity index (χ2v) is 3.79. The third kappa shape index (κ3) is 1.69. The summed E-state index contributed by atoms with van der Waals surface area (Å²) in [5.41, 5.74) is 0. The smallest absolute Gasteiger partial charge is 0.227 e. The molecule has 0 aromatic rings. The minimum absolute atomic E-state index is 0.220. The molecule has 4 nitrogen and oxygen atoms in total.